The minimum Gasteiger partial charge on any atom is -0.268 e. The summed E-state index contributed by atoms with van der Waals surface area (Å²) in [6.45, 7) is 11.5. The molecule has 110 valence electrons. The Kier molecular flexibility index (Phi) is 5.51. The first-order valence-electron chi connectivity index (χ1n) is 6.58. The summed E-state index contributed by atoms with van der Waals surface area (Å²) in [6, 6.07) is 0. The third-order valence-corrected chi connectivity index (χ3v) is 5.16. The summed E-state index contributed by atoms with van der Waals surface area (Å²) in [5, 5.41) is 4.38. The van der Waals surface area contributed by atoms with Gasteiger partial charge in [0.1, 0.15) is 0 Å². The van der Waals surface area contributed by atoms with Crippen molar-refractivity contribution in [1.82, 2.24) is 18.8 Å². The standard InChI is InChI=1S/C12H24N4O2S/c1-6-15(7-2)19(17,18)13-8-9-16-12(5)10(3)11(4)14-16/h13H,6-9H2,1-5H3. The van der Waals surface area contributed by atoms with Gasteiger partial charge in [0.25, 0.3) is 10.2 Å². The van der Waals surface area contributed by atoms with Crippen molar-refractivity contribution in [2.45, 2.75) is 41.2 Å². The van der Waals surface area contributed by atoms with Gasteiger partial charge in [0.2, 0.25) is 0 Å². The van der Waals surface area contributed by atoms with Gasteiger partial charge in [0, 0.05) is 25.3 Å². The lowest BCUT2D eigenvalue weighted by Gasteiger charge is -2.18. The molecule has 0 unspecified atom stereocenters. The highest BCUT2D eigenvalue weighted by Crippen LogP contribution is 2.10. The normalized spacial score (nSPS) is 12.3. The average Bonchev–Trinajstić information content (AvgIpc) is 2.58. The molecule has 0 aromatic carbocycles. The predicted octanol–water partition coefficient (Wildman–Crippen LogP) is 0.985. The quantitative estimate of drug-likeness (QED) is 0.813. The molecule has 6 nitrogen and oxygen atoms in total. The lowest BCUT2D eigenvalue weighted by atomic mass is 10.2. The summed E-state index contributed by atoms with van der Waals surface area (Å²) in [5.41, 5.74) is 3.23. The highest BCUT2D eigenvalue weighted by atomic mass is 32.2. The van der Waals surface area contributed by atoms with Gasteiger partial charge in [0.15, 0.2) is 0 Å². The zero-order chi connectivity index (χ0) is 14.6. The Bertz CT molecular complexity index is 518. The van der Waals surface area contributed by atoms with Gasteiger partial charge < -0.3 is 0 Å². The molecule has 1 aromatic heterocycles. The zero-order valence-electron chi connectivity index (χ0n) is 12.4. The van der Waals surface area contributed by atoms with Crippen LogP contribution in [0.15, 0.2) is 0 Å². The molecule has 0 fully saturated rings. The highest BCUT2D eigenvalue weighted by Gasteiger charge is 2.17. The van der Waals surface area contributed by atoms with E-state index in [2.05, 4.69) is 9.82 Å². The van der Waals surface area contributed by atoms with Crippen LogP contribution in [0.3, 0.4) is 0 Å². The molecule has 0 saturated heterocycles. The van der Waals surface area contributed by atoms with Gasteiger partial charge in [-0.2, -0.15) is 17.8 Å². The third-order valence-electron chi connectivity index (χ3n) is 3.40. The first kappa shape index (κ1) is 16.1. The monoisotopic (exact) mass is 288 g/mol. The fraction of sp³-hybridized carbons (Fsp3) is 0.750. The Labute approximate surface area is 116 Å². The number of hydrogen-bond acceptors (Lipinski definition) is 3. The molecule has 0 spiro atoms. The maximum Gasteiger partial charge on any atom is 0.279 e. The second kappa shape index (κ2) is 6.49. The van der Waals surface area contributed by atoms with Gasteiger partial charge in [-0.05, 0) is 26.3 Å². The van der Waals surface area contributed by atoms with Gasteiger partial charge in [0.05, 0.1) is 12.2 Å². The number of aryl methyl sites for hydroxylation is 1. The van der Waals surface area contributed by atoms with E-state index in [1.807, 2.05) is 39.3 Å². The van der Waals surface area contributed by atoms with Crippen LogP contribution in [-0.4, -0.2) is 42.1 Å². The summed E-state index contributed by atoms with van der Waals surface area (Å²) in [4.78, 5) is 0. The molecule has 0 aliphatic heterocycles. The molecule has 1 N–H and O–H groups in total. The van der Waals surface area contributed by atoms with Gasteiger partial charge >= 0.3 is 0 Å². The zero-order valence-corrected chi connectivity index (χ0v) is 13.2. The molecule has 0 atom stereocenters. The Morgan fingerprint density at radius 3 is 2.21 bits per heavy atom. The topological polar surface area (TPSA) is 67.2 Å². The summed E-state index contributed by atoms with van der Waals surface area (Å²) < 4.78 is 29.7. The van der Waals surface area contributed by atoms with Crippen molar-refractivity contribution >= 4 is 10.2 Å². The number of hydrogen-bond donors (Lipinski definition) is 1. The summed E-state index contributed by atoms with van der Waals surface area (Å²) in [5.74, 6) is 0. The van der Waals surface area contributed by atoms with Crippen LogP contribution in [-0.2, 0) is 16.8 Å². The van der Waals surface area contributed by atoms with Crippen LogP contribution in [0.2, 0.25) is 0 Å². The van der Waals surface area contributed by atoms with E-state index in [9.17, 15) is 8.42 Å². The summed E-state index contributed by atoms with van der Waals surface area (Å²) in [6.07, 6.45) is 0. The molecule has 0 saturated carbocycles. The van der Waals surface area contributed by atoms with E-state index in [0.29, 0.717) is 26.2 Å². The lowest BCUT2D eigenvalue weighted by Crippen LogP contribution is -2.41. The van der Waals surface area contributed by atoms with Crippen LogP contribution < -0.4 is 4.72 Å². The van der Waals surface area contributed by atoms with Gasteiger partial charge in [-0.25, -0.2) is 4.72 Å². The minimum atomic E-state index is -3.37. The highest BCUT2D eigenvalue weighted by molar-refractivity contribution is 7.87. The minimum absolute atomic E-state index is 0.347. The fourth-order valence-electron chi connectivity index (χ4n) is 1.94. The van der Waals surface area contributed by atoms with E-state index in [-0.39, 0.29) is 0 Å². The second-order valence-electron chi connectivity index (χ2n) is 4.50. The third kappa shape index (κ3) is 3.77. The van der Waals surface area contributed by atoms with Crippen LogP contribution >= 0.6 is 0 Å². The molecule has 7 heteroatoms. The molecule has 0 aliphatic rings. The smallest absolute Gasteiger partial charge is 0.268 e. The Morgan fingerprint density at radius 1 is 1.21 bits per heavy atom. The lowest BCUT2D eigenvalue weighted by molar-refractivity contribution is 0.431. The average molecular weight is 288 g/mol. The molecule has 0 bridgehead atoms. The van der Waals surface area contributed by atoms with E-state index in [4.69, 9.17) is 0 Å². The van der Waals surface area contributed by atoms with Crippen molar-refractivity contribution in [1.29, 1.82) is 0 Å². The molecule has 0 radical (unpaired) electrons. The molecule has 1 aromatic rings. The number of nitrogens with zero attached hydrogens (tertiary/aromatic N) is 3. The molecule has 1 heterocycles. The predicted molar refractivity (Wildman–Crippen MR) is 76.3 cm³/mol. The molecular weight excluding hydrogens is 264 g/mol. The first-order valence-corrected chi connectivity index (χ1v) is 8.02. The largest absolute Gasteiger partial charge is 0.279 e. The van der Waals surface area contributed by atoms with Crippen LogP contribution in [0.25, 0.3) is 0 Å². The molecule has 0 amide bonds. The Morgan fingerprint density at radius 2 is 1.79 bits per heavy atom. The molecule has 0 aliphatic carbocycles. The van der Waals surface area contributed by atoms with E-state index >= 15 is 0 Å². The van der Waals surface area contributed by atoms with Crippen LogP contribution in [0, 0.1) is 20.8 Å². The van der Waals surface area contributed by atoms with E-state index < -0.39 is 10.2 Å². The van der Waals surface area contributed by atoms with Crippen molar-refractivity contribution in [2.24, 2.45) is 0 Å². The SMILES string of the molecule is CCN(CC)S(=O)(=O)NCCn1nc(C)c(C)c1C. The second-order valence-corrected chi connectivity index (χ2v) is 6.26. The number of aromatic nitrogens is 2. The molecule has 19 heavy (non-hydrogen) atoms. The Balaban J connectivity index is 2.61. The van der Waals surface area contributed by atoms with Crippen LogP contribution in [0.4, 0.5) is 0 Å². The number of nitrogens with one attached hydrogen (secondary N) is 1. The fourth-order valence-corrected chi connectivity index (χ4v) is 3.15. The maximum absolute atomic E-state index is 11.9. The van der Waals surface area contributed by atoms with E-state index in [0.717, 1.165) is 17.0 Å². The van der Waals surface area contributed by atoms with Crippen molar-refractivity contribution < 1.29 is 8.42 Å². The first-order chi connectivity index (χ1) is 8.83. The summed E-state index contributed by atoms with van der Waals surface area (Å²) >= 11 is 0. The van der Waals surface area contributed by atoms with Gasteiger partial charge in [-0.3, -0.25) is 4.68 Å². The van der Waals surface area contributed by atoms with Gasteiger partial charge in [-0.15, -0.1) is 0 Å². The molecular formula is C12H24N4O2S. The Hall–Kier alpha value is -0.920. The van der Waals surface area contributed by atoms with E-state index in [1.165, 1.54) is 4.31 Å². The van der Waals surface area contributed by atoms with Crippen LogP contribution in [0.5, 0.6) is 0 Å². The van der Waals surface area contributed by atoms with Crippen molar-refractivity contribution in [3.8, 4) is 0 Å². The number of rotatable bonds is 7. The van der Waals surface area contributed by atoms with Crippen molar-refractivity contribution in [2.75, 3.05) is 19.6 Å². The van der Waals surface area contributed by atoms with Crippen LogP contribution in [0.1, 0.15) is 30.8 Å². The van der Waals surface area contributed by atoms with Crippen molar-refractivity contribution in [3.05, 3.63) is 17.0 Å². The summed E-state index contributed by atoms with van der Waals surface area (Å²) in [7, 11) is -3.37. The van der Waals surface area contributed by atoms with Gasteiger partial charge in [-0.1, -0.05) is 13.8 Å². The maximum atomic E-state index is 11.9. The van der Waals surface area contributed by atoms with Crippen molar-refractivity contribution in [3.63, 3.8) is 0 Å². The van der Waals surface area contributed by atoms with E-state index in [1.54, 1.807) is 0 Å². The molecule has 1 rings (SSSR count).